The maximum atomic E-state index is 9.44. The molecule has 0 atom stereocenters. The summed E-state index contributed by atoms with van der Waals surface area (Å²) in [6, 6.07) is 6.22. The Labute approximate surface area is 116 Å². The van der Waals surface area contributed by atoms with Crippen LogP contribution in [0.3, 0.4) is 0 Å². The molecule has 1 saturated carbocycles. The van der Waals surface area contributed by atoms with Gasteiger partial charge in [-0.1, -0.05) is 19.4 Å². The number of phenolic OH excluding ortho intramolecular Hbond substituents is 1. The van der Waals surface area contributed by atoms with Gasteiger partial charge in [0.2, 0.25) is 0 Å². The van der Waals surface area contributed by atoms with Crippen molar-refractivity contribution in [2.45, 2.75) is 51.6 Å². The Kier molecular flexibility index (Phi) is 4.70. The van der Waals surface area contributed by atoms with E-state index in [1.165, 1.54) is 37.7 Å². The molecule has 3 nitrogen and oxygen atoms in total. The summed E-state index contributed by atoms with van der Waals surface area (Å²) in [4.78, 5) is 2.43. The zero-order chi connectivity index (χ0) is 13.8. The largest absolute Gasteiger partial charge is 0.506 e. The SMILES string of the molecule is CCC1CCC(N(C)Cc2ccc(O)c(N)c2)CC1. The van der Waals surface area contributed by atoms with E-state index in [4.69, 9.17) is 5.73 Å². The lowest BCUT2D eigenvalue weighted by Crippen LogP contribution is -2.34. The van der Waals surface area contributed by atoms with Gasteiger partial charge in [-0.15, -0.1) is 0 Å². The molecule has 106 valence electrons. The van der Waals surface area contributed by atoms with Gasteiger partial charge in [-0.05, 0) is 56.3 Å². The lowest BCUT2D eigenvalue weighted by molar-refractivity contribution is 0.157. The number of nitrogen functional groups attached to an aromatic ring is 1. The smallest absolute Gasteiger partial charge is 0.138 e. The lowest BCUT2D eigenvalue weighted by atomic mass is 9.84. The summed E-state index contributed by atoms with van der Waals surface area (Å²) in [5.41, 5.74) is 7.39. The van der Waals surface area contributed by atoms with Crippen LogP contribution < -0.4 is 5.73 Å². The number of phenols is 1. The molecule has 0 aromatic heterocycles. The van der Waals surface area contributed by atoms with Crippen molar-refractivity contribution < 1.29 is 5.11 Å². The molecular weight excluding hydrogens is 236 g/mol. The fourth-order valence-electron chi connectivity index (χ4n) is 3.11. The highest BCUT2D eigenvalue weighted by Crippen LogP contribution is 2.30. The molecule has 1 aliphatic carbocycles. The Balaban J connectivity index is 1.90. The quantitative estimate of drug-likeness (QED) is 0.646. The fraction of sp³-hybridized carbons (Fsp3) is 0.625. The molecule has 0 spiro atoms. The first-order valence-corrected chi connectivity index (χ1v) is 7.37. The van der Waals surface area contributed by atoms with Crippen LogP contribution in [0.5, 0.6) is 5.75 Å². The molecule has 19 heavy (non-hydrogen) atoms. The average molecular weight is 262 g/mol. The number of anilines is 1. The van der Waals surface area contributed by atoms with Crippen LogP contribution in [0.1, 0.15) is 44.6 Å². The Morgan fingerprint density at radius 2 is 1.95 bits per heavy atom. The van der Waals surface area contributed by atoms with Crippen LogP contribution >= 0.6 is 0 Å². The summed E-state index contributed by atoms with van der Waals surface area (Å²) in [6.07, 6.45) is 6.67. The van der Waals surface area contributed by atoms with Crippen molar-refractivity contribution in [1.82, 2.24) is 4.90 Å². The topological polar surface area (TPSA) is 49.5 Å². The van der Waals surface area contributed by atoms with Gasteiger partial charge in [-0.2, -0.15) is 0 Å². The molecule has 0 radical (unpaired) electrons. The number of rotatable bonds is 4. The van der Waals surface area contributed by atoms with Gasteiger partial charge in [-0.25, -0.2) is 0 Å². The summed E-state index contributed by atoms with van der Waals surface area (Å²) >= 11 is 0. The predicted molar refractivity (Wildman–Crippen MR) is 80.0 cm³/mol. The number of benzene rings is 1. The number of hydrogen-bond acceptors (Lipinski definition) is 3. The van der Waals surface area contributed by atoms with Gasteiger partial charge in [0, 0.05) is 12.6 Å². The van der Waals surface area contributed by atoms with Gasteiger partial charge >= 0.3 is 0 Å². The molecule has 0 bridgehead atoms. The summed E-state index contributed by atoms with van der Waals surface area (Å²) in [7, 11) is 2.19. The molecular formula is C16H26N2O. The van der Waals surface area contributed by atoms with E-state index in [0.717, 1.165) is 12.5 Å². The summed E-state index contributed by atoms with van der Waals surface area (Å²) in [5.74, 6) is 1.11. The Morgan fingerprint density at radius 1 is 1.26 bits per heavy atom. The fourth-order valence-corrected chi connectivity index (χ4v) is 3.11. The molecule has 0 heterocycles. The summed E-state index contributed by atoms with van der Waals surface area (Å²) < 4.78 is 0. The van der Waals surface area contributed by atoms with E-state index in [1.807, 2.05) is 12.1 Å². The van der Waals surface area contributed by atoms with Gasteiger partial charge in [0.05, 0.1) is 5.69 Å². The van der Waals surface area contributed by atoms with Gasteiger partial charge in [-0.3, -0.25) is 4.90 Å². The highest BCUT2D eigenvalue weighted by Gasteiger charge is 2.22. The first kappa shape index (κ1) is 14.2. The molecule has 0 saturated heterocycles. The van der Waals surface area contributed by atoms with Crippen LogP contribution in [0.4, 0.5) is 5.69 Å². The number of nitrogens with two attached hydrogens (primary N) is 1. The molecule has 0 amide bonds. The van der Waals surface area contributed by atoms with Crippen LogP contribution in [0.15, 0.2) is 18.2 Å². The van der Waals surface area contributed by atoms with Crippen LogP contribution in [-0.2, 0) is 6.54 Å². The maximum absolute atomic E-state index is 9.44. The van der Waals surface area contributed by atoms with Crippen LogP contribution in [0.2, 0.25) is 0 Å². The van der Waals surface area contributed by atoms with Crippen LogP contribution in [0, 0.1) is 5.92 Å². The van der Waals surface area contributed by atoms with Crippen molar-refractivity contribution in [2.24, 2.45) is 5.92 Å². The van der Waals surface area contributed by atoms with E-state index in [0.29, 0.717) is 11.7 Å². The zero-order valence-corrected chi connectivity index (χ0v) is 12.1. The lowest BCUT2D eigenvalue weighted by Gasteiger charge is -2.34. The minimum atomic E-state index is 0.176. The molecule has 0 aliphatic heterocycles. The highest BCUT2D eigenvalue weighted by molar-refractivity contribution is 5.53. The van der Waals surface area contributed by atoms with Crippen molar-refractivity contribution in [3.05, 3.63) is 23.8 Å². The van der Waals surface area contributed by atoms with Gasteiger partial charge in [0.25, 0.3) is 0 Å². The zero-order valence-electron chi connectivity index (χ0n) is 12.1. The summed E-state index contributed by atoms with van der Waals surface area (Å²) in [5, 5.41) is 9.44. The third-order valence-corrected chi connectivity index (χ3v) is 4.54. The Bertz CT molecular complexity index is 411. The van der Waals surface area contributed by atoms with Gasteiger partial charge < -0.3 is 10.8 Å². The standard InChI is InChI=1S/C16H26N2O/c1-3-12-4-7-14(8-5-12)18(2)11-13-6-9-16(19)15(17)10-13/h6,9-10,12,14,19H,3-5,7-8,11,17H2,1-2H3. The second kappa shape index (κ2) is 6.29. The Morgan fingerprint density at radius 3 is 2.53 bits per heavy atom. The minimum Gasteiger partial charge on any atom is -0.506 e. The second-order valence-electron chi connectivity index (χ2n) is 5.89. The molecule has 1 aliphatic rings. The van der Waals surface area contributed by atoms with Crippen molar-refractivity contribution in [3.8, 4) is 5.75 Å². The molecule has 3 N–H and O–H groups in total. The third kappa shape index (κ3) is 3.63. The average Bonchev–Trinajstić information content (AvgIpc) is 2.43. The predicted octanol–water partition coefficient (Wildman–Crippen LogP) is 3.38. The monoisotopic (exact) mass is 262 g/mol. The van der Waals surface area contributed by atoms with E-state index in [-0.39, 0.29) is 5.75 Å². The van der Waals surface area contributed by atoms with E-state index in [1.54, 1.807) is 6.07 Å². The van der Waals surface area contributed by atoms with Gasteiger partial charge in [0.15, 0.2) is 0 Å². The highest BCUT2D eigenvalue weighted by atomic mass is 16.3. The van der Waals surface area contributed by atoms with E-state index in [9.17, 15) is 5.11 Å². The molecule has 1 aromatic rings. The van der Waals surface area contributed by atoms with Crippen molar-refractivity contribution in [3.63, 3.8) is 0 Å². The molecule has 1 fully saturated rings. The molecule has 3 heteroatoms. The second-order valence-corrected chi connectivity index (χ2v) is 5.89. The van der Waals surface area contributed by atoms with Crippen LogP contribution in [0.25, 0.3) is 0 Å². The number of hydrogen-bond donors (Lipinski definition) is 2. The van der Waals surface area contributed by atoms with Crippen molar-refractivity contribution in [2.75, 3.05) is 12.8 Å². The van der Waals surface area contributed by atoms with E-state index >= 15 is 0 Å². The molecule has 2 rings (SSSR count). The molecule has 0 unspecified atom stereocenters. The number of nitrogens with zero attached hydrogens (tertiary/aromatic N) is 1. The first-order chi connectivity index (χ1) is 9.10. The summed E-state index contributed by atoms with van der Waals surface area (Å²) in [6.45, 7) is 3.21. The Hall–Kier alpha value is -1.22. The number of aromatic hydroxyl groups is 1. The van der Waals surface area contributed by atoms with Crippen LogP contribution in [-0.4, -0.2) is 23.1 Å². The third-order valence-electron chi connectivity index (χ3n) is 4.54. The van der Waals surface area contributed by atoms with E-state index < -0.39 is 0 Å². The molecule has 1 aromatic carbocycles. The van der Waals surface area contributed by atoms with Crippen molar-refractivity contribution >= 4 is 5.69 Å². The minimum absolute atomic E-state index is 0.176. The van der Waals surface area contributed by atoms with Crippen molar-refractivity contribution in [1.29, 1.82) is 0 Å². The normalized spacial score (nSPS) is 23.7. The first-order valence-electron chi connectivity index (χ1n) is 7.37. The van der Waals surface area contributed by atoms with Gasteiger partial charge in [0.1, 0.15) is 5.75 Å². The maximum Gasteiger partial charge on any atom is 0.138 e. The van der Waals surface area contributed by atoms with E-state index in [2.05, 4.69) is 18.9 Å².